The second-order valence-electron chi connectivity index (χ2n) is 4.39. The summed E-state index contributed by atoms with van der Waals surface area (Å²) in [6.07, 6.45) is 0. The van der Waals surface area contributed by atoms with Crippen molar-refractivity contribution >= 4 is 53.9 Å². The van der Waals surface area contributed by atoms with Gasteiger partial charge in [0.2, 0.25) is 0 Å². The van der Waals surface area contributed by atoms with Crippen molar-refractivity contribution in [1.82, 2.24) is 9.97 Å². The second-order valence-corrected chi connectivity index (χ2v) is 6.86. The van der Waals surface area contributed by atoms with E-state index < -0.39 is 0 Å². The van der Waals surface area contributed by atoms with Crippen molar-refractivity contribution in [1.29, 1.82) is 0 Å². The molecule has 0 aliphatic rings. The molecule has 0 fully saturated rings. The Morgan fingerprint density at radius 1 is 0.722 bits per heavy atom. The first-order chi connectivity index (χ1) is 8.72. The molecule has 2 heterocycles. The Hall–Kier alpha value is -1.52. The molecule has 2 aromatic carbocycles. The van der Waals surface area contributed by atoms with Crippen LogP contribution in [0.2, 0.25) is 0 Å². The molecule has 88 valence electrons. The van der Waals surface area contributed by atoms with Crippen molar-refractivity contribution in [2.45, 2.75) is 13.8 Å². The molecule has 0 saturated heterocycles. The molecule has 2 nitrogen and oxygen atoms in total. The first-order valence-corrected chi connectivity index (χ1v) is 7.42. The number of hydrogen-bond acceptors (Lipinski definition) is 4. The third kappa shape index (κ3) is 1.33. The number of nitrogens with zero attached hydrogens (tertiary/aromatic N) is 2. The van der Waals surface area contributed by atoms with Crippen LogP contribution in [-0.2, 0) is 0 Å². The van der Waals surface area contributed by atoms with Crippen LogP contribution < -0.4 is 0 Å². The summed E-state index contributed by atoms with van der Waals surface area (Å²) in [6.45, 7) is 4.12. The summed E-state index contributed by atoms with van der Waals surface area (Å²) in [4.78, 5) is 9.30. The van der Waals surface area contributed by atoms with Gasteiger partial charge in [0, 0.05) is 10.8 Å². The van der Waals surface area contributed by atoms with Crippen molar-refractivity contribution in [3.05, 3.63) is 34.3 Å². The molecule has 0 bridgehead atoms. The Kier molecular flexibility index (Phi) is 2.02. The van der Waals surface area contributed by atoms with Crippen LogP contribution in [0.3, 0.4) is 0 Å². The Morgan fingerprint density at radius 3 is 1.61 bits per heavy atom. The maximum absolute atomic E-state index is 4.65. The summed E-state index contributed by atoms with van der Waals surface area (Å²) in [5.74, 6) is 0. The summed E-state index contributed by atoms with van der Waals surface area (Å²) in [6, 6.07) is 8.68. The van der Waals surface area contributed by atoms with Gasteiger partial charge in [0.25, 0.3) is 0 Å². The number of benzene rings is 2. The molecule has 0 aliphatic carbocycles. The topological polar surface area (TPSA) is 25.8 Å². The van der Waals surface area contributed by atoms with Crippen molar-refractivity contribution in [3.63, 3.8) is 0 Å². The number of aryl methyl sites for hydroxylation is 2. The number of thiazole rings is 2. The van der Waals surface area contributed by atoms with Gasteiger partial charge < -0.3 is 0 Å². The largest absolute Gasteiger partial charge is 0.241 e. The van der Waals surface area contributed by atoms with Crippen molar-refractivity contribution in [2.24, 2.45) is 0 Å². The summed E-state index contributed by atoms with van der Waals surface area (Å²) < 4.78 is 2.51. The van der Waals surface area contributed by atoms with Gasteiger partial charge in [-0.15, -0.1) is 22.7 Å². The zero-order valence-corrected chi connectivity index (χ0v) is 11.7. The predicted octanol–water partition coefficient (Wildman–Crippen LogP) is 4.68. The number of fused-ring (bicyclic) bond motifs is 5. The molecule has 0 N–H and O–H groups in total. The fourth-order valence-corrected chi connectivity index (χ4v) is 4.10. The Labute approximate surface area is 112 Å². The lowest BCUT2D eigenvalue weighted by Crippen LogP contribution is -1.78. The van der Waals surface area contributed by atoms with Crippen LogP contribution in [0.5, 0.6) is 0 Å². The maximum atomic E-state index is 4.65. The highest BCUT2D eigenvalue weighted by atomic mass is 32.1. The van der Waals surface area contributed by atoms with E-state index >= 15 is 0 Å². The number of rotatable bonds is 0. The lowest BCUT2D eigenvalue weighted by atomic mass is 10.1. The maximum Gasteiger partial charge on any atom is 0.0908 e. The van der Waals surface area contributed by atoms with E-state index in [1.165, 1.54) is 20.2 Å². The smallest absolute Gasteiger partial charge is 0.0908 e. The highest BCUT2D eigenvalue weighted by molar-refractivity contribution is 7.19. The van der Waals surface area contributed by atoms with Crippen LogP contribution in [0.15, 0.2) is 24.3 Å². The van der Waals surface area contributed by atoms with Gasteiger partial charge in [0.1, 0.15) is 0 Å². The molecular formula is C14H10N2S2. The van der Waals surface area contributed by atoms with E-state index in [4.69, 9.17) is 0 Å². The molecule has 0 radical (unpaired) electrons. The summed E-state index contributed by atoms with van der Waals surface area (Å²) >= 11 is 3.50. The SMILES string of the molecule is Cc1nc2c(ccc3c2ccc2sc(C)nc23)s1. The van der Waals surface area contributed by atoms with Crippen molar-refractivity contribution < 1.29 is 0 Å². The molecule has 4 heteroatoms. The highest BCUT2D eigenvalue weighted by Gasteiger charge is 2.10. The number of aromatic nitrogens is 2. The Morgan fingerprint density at radius 2 is 1.17 bits per heavy atom. The lowest BCUT2D eigenvalue weighted by Gasteiger charge is -1.99. The normalized spacial score (nSPS) is 11.9. The van der Waals surface area contributed by atoms with E-state index in [9.17, 15) is 0 Å². The lowest BCUT2D eigenvalue weighted by molar-refractivity contribution is 1.35. The first-order valence-electron chi connectivity index (χ1n) is 5.78. The van der Waals surface area contributed by atoms with Crippen LogP contribution >= 0.6 is 22.7 Å². The zero-order valence-electron chi connectivity index (χ0n) is 10.0. The molecule has 0 saturated carbocycles. The van der Waals surface area contributed by atoms with E-state index in [2.05, 4.69) is 48.1 Å². The molecule has 4 rings (SSSR count). The minimum Gasteiger partial charge on any atom is -0.241 e. The molecular weight excluding hydrogens is 260 g/mol. The van der Waals surface area contributed by atoms with Gasteiger partial charge in [0.05, 0.1) is 30.4 Å². The van der Waals surface area contributed by atoms with Gasteiger partial charge in [-0.05, 0) is 26.0 Å². The first kappa shape index (κ1) is 10.4. The van der Waals surface area contributed by atoms with Gasteiger partial charge in [0.15, 0.2) is 0 Å². The van der Waals surface area contributed by atoms with Gasteiger partial charge in [-0.25, -0.2) is 9.97 Å². The predicted molar refractivity (Wildman–Crippen MR) is 79.8 cm³/mol. The van der Waals surface area contributed by atoms with Crippen LogP contribution in [0.25, 0.3) is 31.2 Å². The van der Waals surface area contributed by atoms with Crippen LogP contribution in [-0.4, -0.2) is 9.97 Å². The minimum absolute atomic E-state index is 1.11. The van der Waals surface area contributed by atoms with Gasteiger partial charge in [-0.2, -0.15) is 0 Å². The Bertz CT molecular complexity index is 826. The molecule has 0 aliphatic heterocycles. The van der Waals surface area contributed by atoms with E-state index in [1.807, 2.05) is 0 Å². The standard InChI is InChI=1S/C14H10N2S2/c1-7-15-13-9-4-6-12-14(16-8(2)18-12)10(9)3-5-11(13)17-7/h3-6H,1-2H3. The quantitative estimate of drug-likeness (QED) is 0.464. The molecule has 18 heavy (non-hydrogen) atoms. The fourth-order valence-electron chi connectivity index (χ4n) is 2.41. The van der Waals surface area contributed by atoms with Crippen molar-refractivity contribution in [2.75, 3.05) is 0 Å². The highest BCUT2D eigenvalue weighted by Crippen LogP contribution is 2.34. The monoisotopic (exact) mass is 270 g/mol. The second kappa shape index (κ2) is 3.49. The average molecular weight is 270 g/mol. The Balaban J connectivity index is 2.29. The fraction of sp³-hybridized carbons (Fsp3) is 0.143. The summed E-state index contributed by atoms with van der Waals surface area (Å²) in [5, 5.41) is 4.67. The average Bonchev–Trinajstić information content (AvgIpc) is 2.89. The van der Waals surface area contributed by atoms with Crippen LogP contribution in [0, 0.1) is 13.8 Å². The van der Waals surface area contributed by atoms with E-state index in [0.717, 1.165) is 21.0 Å². The summed E-state index contributed by atoms with van der Waals surface area (Å²) in [7, 11) is 0. The molecule has 4 aromatic rings. The third-order valence-electron chi connectivity index (χ3n) is 3.12. The molecule has 0 amide bonds. The molecule has 0 atom stereocenters. The van der Waals surface area contributed by atoms with E-state index in [0.29, 0.717) is 0 Å². The summed E-state index contributed by atoms with van der Waals surface area (Å²) in [5.41, 5.74) is 2.23. The van der Waals surface area contributed by atoms with E-state index in [-0.39, 0.29) is 0 Å². The van der Waals surface area contributed by atoms with E-state index in [1.54, 1.807) is 22.7 Å². The van der Waals surface area contributed by atoms with Gasteiger partial charge >= 0.3 is 0 Å². The zero-order chi connectivity index (χ0) is 12.3. The van der Waals surface area contributed by atoms with Crippen LogP contribution in [0.1, 0.15) is 10.0 Å². The van der Waals surface area contributed by atoms with Gasteiger partial charge in [-0.3, -0.25) is 0 Å². The third-order valence-corrected chi connectivity index (χ3v) is 5.00. The molecule has 0 spiro atoms. The minimum atomic E-state index is 1.11. The molecule has 0 unspecified atom stereocenters. The number of hydrogen-bond donors (Lipinski definition) is 0. The van der Waals surface area contributed by atoms with Crippen LogP contribution in [0.4, 0.5) is 0 Å². The molecule has 2 aromatic heterocycles. The van der Waals surface area contributed by atoms with Crippen molar-refractivity contribution in [3.8, 4) is 0 Å². The van der Waals surface area contributed by atoms with Gasteiger partial charge in [-0.1, -0.05) is 12.1 Å².